The molecule has 0 aromatic rings. The molecule has 0 aromatic heterocycles. The van der Waals surface area contributed by atoms with Crippen molar-refractivity contribution in [1.29, 1.82) is 0 Å². The normalized spacial score (nSPS) is 18.8. The number of allylic oxidation sites excluding steroid dienone is 3. The van der Waals surface area contributed by atoms with Crippen LogP contribution in [0.2, 0.25) is 0 Å². The number of nitrogens with one attached hydrogen (secondary N) is 2. The lowest BCUT2D eigenvalue weighted by atomic mass is 10.1. The molecule has 0 saturated carbocycles. The topological polar surface area (TPSA) is 43.1 Å². The van der Waals surface area contributed by atoms with E-state index in [0.717, 1.165) is 36.8 Å². The quantitative estimate of drug-likeness (QED) is 0.263. The fourth-order valence-corrected chi connectivity index (χ4v) is 5.10. The molecule has 2 N–H and O–H groups in total. The maximum atomic E-state index is 11.7. The van der Waals surface area contributed by atoms with Gasteiger partial charge in [0.2, 0.25) is 5.91 Å². The van der Waals surface area contributed by atoms with E-state index in [1.165, 1.54) is 25.0 Å². The molecule has 1 aliphatic heterocycles. The average Bonchev–Trinajstić information content (AvgIpc) is 3.03. The van der Waals surface area contributed by atoms with Gasteiger partial charge in [-0.3, -0.25) is 4.79 Å². The first-order valence-corrected chi connectivity index (χ1v) is 10.5. The number of hydrogen-bond donors (Lipinski definition) is 2. The van der Waals surface area contributed by atoms with Crippen molar-refractivity contribution in [1.82, 2.24) is 5.32 Å². The molecule has 124 valence electrons. The minimum Gasteiger partial charge on any atom is -0.356 e. The lowest BCUT2D eigenvalue weighted by molar-refractivity contribution is -0.451. The molecule has 1 heterocycles. The molecular weight excluding hydrogens is 312 g/mol. The van der Waals surface area contributed by atoms with Gasteiger partial charge in [0.05, 0.1) is 0 Å². The second kappa shape index (κ2) is 12.8. The zero-order chi connectivity index (χ0) is 16.0. The molecule has 1 aliphatic rings. The van der Waals surface area contributed by atoms with Crippen molar-refractivity contribution in [3.8, 4) is 0 Å². The monoisotopic (exact) mass is 341 g/mol. The molecule has 0 spiro atoms. The summed E-state index contributed by atoms with van der Waals surface area (Å²) in [6.45, 7) is 7.33. The highest BCUT2D eigenvalue weighted by molar-refractivity contribution is 8.77. The number of unbranched alkanes of at least 4 members (excludes halogenated alkanes) is 1. The third-order valence-electron chi connectivity index (χ3n) is 3.51. The van der Waals surface area contributed by atoms with Gasteiger partial charge in [-0.05, 0) is 31.8 Å². The predicted octanol–water partition coefficient (Wildman–Crippen LogP) is 2.49. The van der Waals surface area contributed by atoms with Crippen molar-refractivity contribution < 1.29 is 9.79 Å². The number of carbonyl (C=O) groups excluding carboxylic acids is 1. The molecule has 1 amide bonds. The van der Waals surface area contributed by atoms with E-state index in [4.69, 9.17) is 0 Å². The van der Waals surface area contributed by atoms with Crippen LogP contribution in [-0.4, -0.2) is 36.2 Å². The first kappa shape index (κ1) is 19.4. The molecule has 0 radical (unpaired) electrons. The van der Waals surface area contributed by atoms with Crippen LogP contribution in [0.15, 0.2) is 24.3 Å². The van der Waals surface area contributed by atoms with Crippen LogP contribution in [0, 0.1) is 0 Å². The van der Waals surface area contributed by atoms with Crippen LogP contribution >= 0.6 is 21.6 Å². The summed E-state index contributed by atoms with van der Waals surface area (Å²) in [5.41, 5.74) is 1.13. The van der Waals surface area contributed by atoms with Crippen LogP contribution in [0.5, 0.6) is 0 Å². The lowest BCUT2D eigenvalue weighted by Gasteiger charge is -2.07. The number of hydrogen-bond acceptors (Lipinski definition) is 3. The van der Waals surface area contributed by atoms with Gasteiger partial charge < -0.3 is 5.32 Å². The van der Waals surface area contributed by atoms with Crippen molar-refractivity contribution in [2.75, 3.05) is 18.8 Å². The van der Waals surface area contributed by atoms with E-state index in [-0.39, 0.29) is 5.91 Å². The van der Waals surface area contributed by atoms with E-state index < -0.39 is 0 Å². The van der Waals surface area contributed by atoms with Crippen LogP contribution in [-0.2, 0) is 4.79 Å². The van der Waals surface area contributed by atoms with E-state index in [0.29, 0.717) is 6.42 Å². The smallest absolute Gasteiger partial charge is 0.219 e. The maximum absolute atomic E-state index is 11.7. The van der Waals surface area contributed by atoms with Gasteiger partial charge >= 0.3 is 0 Å². The Morgan fingerprint density at radius 1 is 1.41 bits per heavy atom. The molecule has 1 atom stereocenters. The van der Waals surface area contributed by atoms with Gasteiger partial charge in [0.1, 0.15) is 6.54 Å². The highest BCUT2D eigenvalue weighted by Gasteiger charge is 2.15. The van der Waals surface area contributed by atoms with Gasteiger partial charge in [-0.2, -0.15) is 0 Å². The molecule has 5 heteroatoms. The fourth-order valence-electron chi connectivity index (χ4n) is 2.07. The number of carbonyl (C=O) groups is 1. The van der Waals surface area contributed by atoms with Crippen molar-refractivity contribution in [3.63, 3.8) is 0 Å². The molecule has 3 nitrogen and oxygen atoms in total. The molecule has 1 rings (SSSR count). The Morgan fingerprint density at radius 2 is 2.27 bits per heavy atom. The van der Waals surface area contributed by atoms with Crippen LogP contribution in [0.25, 0.3) is 0 Å². The second-order valence-corrected chi connectivity index (χ2v) is 8.30. The highest BCUT2D eigenvalue weighted by atomic mass is 33.1. The minimum absolute atomic E-state index is 0.194. The zero-order valence-corrected chi connectivity index (χ0v) is 15.2. The minimum atomic E-state index is 0.194. The van der Waals surface area contributed by atoms with Crippen LogP contribution in [0.4, 0.5) is 0 Å². The molecule has 22 heavy (non-hydrogen) atoms. The Kier molecular flexibility index (Phi) is 11.3. The Balaban J connectivity index is 1.91. The molecule has 0 aliphatic carbocycles. The SMILES string of the molecule is C=C/C(C)=C\C=[NH+]CCCNC(=O)CCCCC1CCSS1. The third kappa shape index (κ3) is 10.1. The summed E-state index contributed by atoms with van der Waals surface area (Å²) < 4.78 is 0. The molecule has 1 unspecified atom stereocenters. The molecule has 1 fully saturated rings. The Labute approximate surface area is 142 Å². The largest absolute Gasteiger partial charge is 0.356 e. The number of amides is 1. The second-order valence-electron chi connectivity index (χ2n) is 5.51. The van der Waals surface area contributed by atoms with Crippen molar-refractivity contribution >= 4 is 33.7 Å². The summed E-state index contributed by atoms with van der Waals surface area (Å²) in [5, 5.41) is 3.82. The van der Waals surface area contributed by atoms with E-state index in [1.54, 1.807) is 0 Å². The number of rotatable bonds is 11. The Morgan fingerprint density at radius 3 is 3.00 bits per heavy atom. The molecular formula is C17H29N2OS2+. The summed E-state index contributed by atoms with van der Waals surface area (Å²) in [6, 6.07) is 0. The fraction of sp³-hybridized carbons (Fsp3) is 0.647. The van der Waals surface area contributed by atoms with Crippen LogP contribution in [0.1, 0.15) is 45.4 Å². The van der Waals surface area contributed by atoms with E-state index in [1.807, 2.05) is 46.9 Å². The van der Waals surface area contributed by atoms with Crippen LogP contribution in [0.3, 0.4) is 0 Å². The molecule has 0 aromatic carbocycles. The van der Waals surface area contributed by atoms with Gasteiger partial charge in [0, 0.05) is 36.5 Å². The van der Waals surface area contributed by atoms with E-state index >= 15 is 0 Å². The average molecular weight is 342 g/mol. The van der Waals surface area contributed by atoms with Crippen molar-refractivity contribution in [3.05, 3.63) is 24.3 Å². The Hall–Kier alpha value is -0.680. The van der Waals surface area contributed by atoms with E-state index in [9.17, 15) is 4.79 Å². The molecule has 1 saturated heterocycles. The van der Waals surface area contributed by atoms with Gasteiger partial charge in [0.15, 0.2) is 6.21 Å². The van der Waals surface area contributed by atoms with Crippen LogP contribution < -0.4 is 10.3 Å². The van der Waals surface area contributed by atoms with Gasteiger partial charge in [-0.1, -0.05) is 40.7 Å². The van der Waals surface area contributed by atoms with E-state index in [2.05, 4.69) is 16.9 Å². The summed E-state index contributed by atoms with van der Waals surface area (Å²) in [6.07, 6.45) is 12.2. The lowest BCUT2D eigenvalue weighted by Crippen LogP contribution is -2.69. The summed E-state index contributed by atoms with van der Waals surface area (Å²) in [4.78, 5) is 14.9. The van der Waals surface area contributed by atoms with Gasteiger partial charge in [0.25, 0.3) is 0 Å². The Bertz CT molecular complexity index is 388. The summed E-state index contributed by atoms with van der Waals surface area (Å²) >= 11 is 0. The zero-order valence-electron chi connectivity index (χ0n) is 13.6. The standard InChI is InChI=1S/C17H28N2OS2/c1-3-15(2)9-13-18-11-6-12-19-17(20)8-5-4-7-16-10-14-21-22-16/h3,9,13,16H,1,4-8,10-12,14H2,2H3,(H,19,20)/p+1/b15-9-,18-13?. The summed E-state index contributed by atoms with van der Waals surface area (Å²) in [5.74, 6) is 1.49. The first-order chi connectivity index (χ1) is 10.7. The maximum Gasteiger partial charge on any atom is 0.219 e. The van der Waals surface area contributed by atoms with Crippen molar-refractivity contribution in [2.24, 2.45) is 0 Å². The molecule has 0 bridgehead atoms. The van der Waals surface area contributed by atoms with Gasteiger partial charge in [-0.15, -0.1) is 0 Å². The van der Waals surface area contributed by atoms with Gasteiger partial charge in [-0.25, -0.2) is 4.99 Å². The summed E-state index contributed by atoms with van der Waals surface area (Å²) in [7, 11) is 4.01. The van der Waals surface area contributed by atoms with Crippen molar-refractivity contribution in [2.45, 2.75) is 50.7 Å². The highest BCUT2D eigenvalue weighted by Crippen LogP contribution is 2.39. The third-order valence-corrected chi connectivity index (χ3v) is 6.52. The first-order valence-electron chi connectivity index (χ1n) is 8.13. The predicted molar refractivity (Wildman–Crippen MR) is 100 cm³/mol.